The molecule has 23 heavy (non-hydrogen) atoms. The Bertz CT molecular complexity index is 611. The number of aryl methyl sites for hydroxylation is 2. The summed E-state index contributed by atoms with van der Waals surface area (Å²) in [6.45, 7) is 8.99. The summed E-state index contributed by atoms with van der Waals surface area (Å²) in [5, 5.41) is 0. The fraction of sp³-hybridized carbons (Fsp3) is 0.500. The summed E-state index contributed by atoms with van der Waals surface area (Å²) >= 11 is 0. The molecule has 0 saturated carbocycles. The largest absolute Gasteiger partial charge is 0.256 e. The van der Waals surface area contributed by atoms with E-state index < -0.39 is 0 Å². The summed E-state index contributed by atoms with van der Waals surface area (Å²) in [6, 6.07) is 11.4. The second kappa shape index (κ2) is 8.86. The third-order valence-corrected chi connectivity index (χ3v) is 4.80. The van der Waals surface area contributed by atoms with Crippen LogP contribution in [0.5, 0.6) is 0 Å². The first-order chi connectivity index (χ1) is 11.2. The summed E-state index contributed by atoms with van der Waals surface area (Å²) in [7, 11) is 0. The smallest absolute Gasteiger partial charge is 0.0707 e. The average Bonchev–Trinajstić information content (AvgIpc) is 2.57. The van der Waals surface area contributed by atoms with Crippen molar-refractivity contribution in [2.45, 2.75) is 72.1 Å². The zero-order valence-corrected chi connectivity index (χ0v) is 15.2. The van der Waals surface area contributed by atoms with E-state index in [1.165, 1.54) is 60.8 Å². The summed E-state index contributed by atoms with van der Waals surface area (Å²) in [4.78, 5) is 4.66. The summed E-state index contributed by atoms with van der Waals surface area (Å²) in [6.07, 6.45) is 9.35. The molecule has 1 nitrogen and oxygen atoms in total. The van der Waals surface area contributed by atoms with Gasteiger partial charge in [-0.05, 0) is 73.4 Å². The van der Waals surface area contributed by atoms with Crippen LogP contribution in [0.4, 0.5) is 0 Å². The van der Waals surface area contributed by atoms with Crippen LogP contribution in [0, 0.1) is 6.92 Å². The molecular formula is C22H31N. The highest BCUT2D eigenvalue weighted by Gasteiger charge is 2.15. The molecule has 124 valence electrons. The van der Waals surface area contributed by atoms with Gasteiger partial charge in [-0.15, -0.1) is 0 Å². The van der Waals surface area contributed by atoms with Crippen molar-refractivity contribution in [3.63, 3.8) is 0 Å². The molecule has 0 aliphatic heterocycles. The lowest BCUT2D eigenvalue weighted by atomic mass is 9.87. The minimum absolute atomic E-state index is 0.622. The number of pyridine rings is 1. The van der Waals surface area contributed by atoms with Crippen LogP contribution in [0.15, 0.2) is 36.5 Å². The highest BCUT2D eigenvalue weighted by Crippen LogP contribution is 2.33. The van der Waals surface area contributed by atoms with Crippen LogP contribution in [-0.4, -0.2) is 4.98 Å². The third kappa shape index (κ3) is 4.67. The first-order valence-corrected chi connectivity index (χ1v) is 9.25. The standard InChI is InChI=1S/C22H31N/c1-5-8-9-10-18-11-12-20(19(6-2)7-3)21(16-18)22-15-17(4)13-14-23-22/h11-16,19H,5-10H2,1-4H3. The Morgan fingerprint density at radius 1 is 0.957 bits per heavy atom. The number of aromatic nitrogens is 1. The molecule has 2 aromatic rings. The fourth-order valence-corrected chi connectivity index (χ4v) is 3.33. The van der Waals surface area contributed by atoms with Crippen molar-refractivity contribution in [1.82, 2.24) is 4.98 Å². The van der Waals surface area contributed by atoms with E-state index in [4.69, 9.17) is 0 Å². The molecule has 0 N–H and O–H groups in total. The van der Waals surface area contributed by atoms with Gasteiger partial charge in [-0.25, -0.2) is 0 Å². The van der Waals surface area contributed by atoms with E-state index in [2.05, 4.69) is 63.0 Å². The van der Waals surface area contributed by atoms with Gasteiger partial charge in [0.1, 0.15) is 0 Å². The first kappa shape index (κ1) is 17.7. The molecule has 1 heteroatoms. The zero-order valence-electron chi connectivity index (χ0n) is 15.2. The van der Waals surface area contributed by atoms with Gasteiger partial charge in [-0.1, -0.05) is 45.7 Å². The molecule has 0 unspecified atom stereocenters. The molecule has 0 radical (unpaired) electrons. The van der Waals surface area contributed by atoms with Crippen molar-refractivity contribution in [3.8, 4) is 11.3 Å². The van der Waals surface area contributed by atoms with E-state index in [0.29, 0.717) is 5.92 Å². The van der Waals surface area contributed by atoms with E-state index in [0.717, 1.165) is 5.69 Å². The van der Waals surface area contributed by atoms with Gasteiger partial charge in [-0.2, -0.15) is 0 Å². The number of unbranched alkanes of at least 4 members (excludes halogenated alkanes) is 2. The third-order valence-electron chi connectivity index (χ3n) is 4.80. The van der Waals surface area contributed by atoms with Crippen LogP contribution in [-0.2, 0) is 6.42 Å². The van der Waals surface area contributed by atoms with Crippen LogP contribution < -0.4 is 0 Å². The molecule has 1 aromatic carbocycles. The Hall–Kier alpha value is -1.63. The SMILES string of the molecule is CCCCCc1ccc(C(CC)CC)c(-c2cc(C)ccn2)c1. The number of hydrogen-bond acceptors (Lipinski definition) is 1. The van der Waals surface area contributed by atoms with E-state index in [9.17, 15) is 0 Å². The second-order valence-electron chi connectivity index (χ2n) is 6.61. The van der Waals surface area contributed by atoms with Gasteiger partial charge >= 0.3 is 0 Å². The van der Waals surface area contributed by atoms with Gasteiger partial charge in [0.15, 0.2) is 0 Å². The molecule has 2 rings (SSSR count). The van der Waals surface area contributed by atoms with Gasteiger partial charge in [0, 0.05) is 11.8 Å². The van der Waals surface area contributed by atoms with Crippen LogP contribution in [0.1, 0.15) is 75.5 Å². The van der Waals surface area contributed by atoms with Crippen LogP contribution in [0.3, 0.4) is 0 Å². The van der Waals surface area contributed by atoms with Crippen LogP contribution in [0.2, 0.25) is 0 Å². The first-order valence-electron chi connectivity index (χ1n) is 9.25. The van der Waals surface area contributed by atoms with Crippen molar-refractivity contribution in [1.29, 1.82) is 0 Å². The number of benzene rings is 1. The van der Waals surface area contributed by atoms with Gasteiger partial charge in [0.05, 0.1) is 5.69 Å². The molecule has 0 aliphatic rings. The molecule has 1 aromatic heterocycles. The van der Waals surface area contributed by atoms with E-state index >= 15 is 0 Å². The minimum atomic E-state index is 0.622. The Morgan fingerprint density at radius 3 is 2.39 bits per heavy atom. The molecule has 0 atom stereocenters. The van der Waals surface area contributed by atoms with Crippen molar-refractivity contribution in [3.05, 3.63) is 53.2 Å². The molecule has 0 aliphatic carbocycles. The quantitative estimate of drug-likeness (QED) is 0.495. The van der Waals surface area contributed by atoms with Gasteiger partial charge in [0.2, 0.25) is 0 Å². The van der Waals surface area contributed by atoms with Crippen molar-refractivity contribution >= 4 is 0 Å². The maximum Gasteiger partial charge on any atom is 0.0707 e. The maximum absolute atomic E-state index is 4.66. The van der Waals surface area contributed by atoms with Crippen LogP contribution >= 0.6 is 0 Å². The normalized spacial score (nSPS) is 11.2. The van der Waals surface area contributed by atoms with E-state index in [1.807, 2.05) is 6.20 Å². The predicted octanol–water partition coefficient (Wildman–Crippen LogP) is 6.69. The summed E-state index contributed by atoms with van der Waals surface area (Å²) in [5.74, 6) is 0.622. The van der Waals surface area contributed by atoms with Crippen molar-refractivity contribution in [2.75, 3.05) is 0 Å². The summed E-state index contributed by atoms with van der Waals surface area (Å²) < 4.78 is 0. The maximum atomic E-state index is 4.66. The highest BCUT2D eigenvalue weighted by molar-refractivity contribution is 5.66. The Kier molecular flexibility index (Phi) is 6.83. The van der Waals surface area contributed by atoms with Crippen molar-refractivity contribution in [2.24, 2.45) is 0 Å². The van der Waals surface area contributed by atoms with Crippen LogP contribution in [0.25, 0.3) is 11.3 Å². The zero-order chi connectivity index (χ0) is 16.7. The lowest BCUT2D eigenvalue weighted by molar-refractivity contribution is 0.642. The second-order valence-corrected chi connectivity index (χ2v) is 6.61. The monoisotopic (exact) mass is 309 g/mol. The molecule has 0 amide bonds. The Labute approximate surface area is 142 Å². The Morgan fingerprint density at radius 2 is 1.74 bits per heavy atom. The average molecular weight is 309 g/mol. The minimum Gasteiger partial charge on any atom is -0.256 e. The predicted molar refractivity (Wildman–Crippen MR) is 101 cm³/mol. The van der Waals surface area contributed by atoms with Gasteiger partial charge < -0.3 is 0 Å². The molecule has 0 spiro atoms. The van der Waals surface area contributed by atoms with Gasteiger partial charge in [-0.3, -0.25) is 4.98 Å². The molecule has 0 fully saturated rings. The number of nitrogens with zero attached hydrogens (tertiary/aromatic N) is 1. The number of rotatable bonds is 8. The lowest BCUT2D eigenvalue weighted by Gasteiger charge is -2.19. The van der Waals surface area contributed by atoms with Gasteiger partial charge in [0.25, 0.3) is 0 Å². The lowest BCUT2D eigenvalue weighted by Crippen LogP contribution is -2.01. The van der Waals surface area contributed by atoms with E-state index in [-0.39, 0.29) is 0 Å². The molecular weight excluding hydrogens is 278 g/mol. The molecule has 0 saturated heterocycles. The molecule has 0 bridgehead atoms. The highest BCUT2D eigenvalue weighted by atomic mass is 14.7. The topological polar surface area (TPSA) is 12.9 Å². The van der Waals surface area contributed by atoms with Crippen molar-refractivity contribution < 1.29 is 0 Å². The fourth-order valence-electron chi connectivity index (χ4n) is 3.33. The summed E-state index contributed by atoms with van der Waals surface area (Å²) in [5.41, 5.74) is 6.67. The molecule has 1 heterocycles. The number of hydrogen-bond donors (Lipinski definition) is 0. The van der Waals surface area contributed by atoms with E-state index in [1.54, 1.807) is 0 Å². The Balaban J connectivity index is 2.42.